The highest BCUT2D eigenvalue weighted by molar-refractivity contribution is 5.55. The Labute approximate surface area is 118 Å². The van der Waals surface area contributed by atoms with E-state index in [9.17, 15) is 0 Å². The molecule has 0 saturated carbocycles. The number of rotatable bonds is 3. The van der Waals surface area contributed by atoms with Crippen molar-refractivity contribution in [3.8, 4) is 5.75 Å². The minimum Gasteiger partial charge on any atom is -0.486 e. The summed E-state index contributed by atoms with van der Waals surface area (Å²) in [7, 11) is 0. The van der Waals surface area contributed by atoms with Crippen LogP contribution in [0.2, 0.25) is 0 Å². The standard InChI is InChI=1S/C18H28O/c1-8-11(2)10-18(7)15(6)16-13(4)9-12(3)14(5)17(16)19-18/h9,11,15H,8,10H2,1-7H3/t11?,15-,18?/m1/s1. The molecule has 0 fully saturated rings. The van der Waals surface area contributed by atoms with Crippen LogP contribution in [-0.2, 0) is 0 Å². The molecule has 1 heterocycles. The van der Waals surface area contributed by atoms with Crippen LogP contribution in [0, 0.1) is 26.7 Å². The molecule has 1 nitrogen and oxygen atoms in total. The Morgan fingerprint density at radius 2 is 1.89 bits per heavy atom. The van der Waals surface area contributed by atoms with Gasteiger partial charge in [0.1, 0.15) is 11.4 Å². The van der Waals surface area contributed by atoms with Gasteiger partial charge in [0.25, 0.3) is 0 Å². The summed E-state index contributed by atoms with van der Waals surface area (Å²) in [5.41, 5.74) is 5.45. The first kappa shape index (κ1) is 14.4. The maximum Gasteiger partial charge on any atom is 0.127 e. The first-order chi connectivity index (χ1) is 8.80. The van der Waals surface area contributed by atoms with E-state index in [4.69, 9.17) is 4.74 Å². The Bertz CT molecular complexity index is 489. The predicted molar refractivity (Wildman–Crippen MR) is 82.2 cm³/mol. The Hall–Kier alpha value is -0.980. The molecule has 0 aromatic heterocycles. The molecule has 0 amide bonds. The van der Waals surface area contributed by atoms with Gasteiger partial charge in [-0.2, -0.15) is 0 Å². The zero-order valence-corrected chi connectivity index (χ0v) is 13.6. The molecule has 1 aliphatic rings. The fourth-order valence-corrected chi connectivity index (χ4v) is 3.42. The highest BCUT2D eigenvalue weighted by Gasteiger charge is 2.44. The van der Waals surface area contributed by atoms with Gasteiger partial charge in [-0.05, 0) is 56.7 Å². The lowest BCUT2D eigenvalue weighted by molar-refractivity contribution is 0.0659. The lowest BCUT2D eigenvalue weighted by Gasteiger charge is -2.31. The average Bonchev–Trinajstić information content (AvgIpc) is 2.60. The van der Waals surface area contributed by atoms with E-state index >= 15 is 0 Å². The Morgan fingerprint density at radius 3 is 2.47 bits per heavy atom. The first-order valence-corrected chi connectivity index (χ1v) is 7.59. The van der Waals surface area contributed by atoms with Crippen molar-refractivity contribution < 1.29 is 4.74 Å². The summed E-state index contributed by atoms with van der Waals surface area (Å²) in [6.07, 6.45) is 2.36. The molecule has 19 heavy (non-hydrogen) atoms. The molecule has 1 heteroatoms. The second-order valence-corrected chi connectivity index (χ2v) is 6.73. The molecule has 0 radical (unpaired) electrons. The Morgan fingerprint density at radius 1 is 1.26 bits per heavy atom. The maximum atomic E-state index is 6.47. The fraction of sp³-hybridized carbons (Fsp3) is 0.667. The van der Waals surface area contributed by atoms with Gasteiger partial charge in [0, 0.05) is 11.5 Å². The van der Waals surface area contributed by atoms with Crippen LogP contribution < -0.4 is 4.74 Å². The minimum atomic E-state index is -0.0406. The van der Waals surface area contributed by atoms with Crippen molar-refractivity contribution >= 4 is 0 Å². The van der Waals surface area contributed by atoms with Crippen molar-refractivity contribution in [3.05, 3.63) is 28.3 Å². The van der Waals surface area contributed by atoms with E-state index < -0.39 is 0 Å². The molecule has 1 aromatic rings. The summed E-state index contributed by atoms with van der Waals surface area (Å²) >= 11 is 0. The quantitative estimate of drug-likeness (QED) is 0.716. The number of aryl methyl sites for hydroxylation is 2. The Kier molecular flexibility index (Phi) is 3.68. The second-order valence-electron chi connectivity index (χ2n) is 6.73. The number of benzene rings is 1. The largest absolute Gasteiger partial charge is 0.486 e. The van der Waals surface area contributed by atoms with Crippen LogP contribution in [0.1, 0.15) is 68.7 Å². The normalized spacial score (nSPS) is 27.0. The molecule has 3 atom stereocenters. The number of fused-ring (bicyclic) bond motifs is 1. The zero-order valence-electron chi connectivity index (χ0n) is 13.6. The SMILES string of the molecule is CCC(C)CC1(C)Oc2c(C)c(C)cc(C)c2[C@H]1C. The molecule has 1 aromatic carbocycles. The molecule has 0 aliphatic carbocycles. The number of hydrogen-bond donors (Lipinski definition) is 0. The Balaban J connectivity index is 2.43. The van der Waals surface area contributed by atoms with Gasteiger partial charge in [-0.3, -0.25) is 0 Å². The summed E-state index contributed by atoms with van der Waals surface area (Å²) in [4.78, 5) is 0. The number of hydrogen-bond acceptors (Lipinski definition) is 1. The maximum absolute atomic E-state index is 6.47. The highest BCUT2D eigenvalue weighted by Crippen LogP contribution is 2.50. The molecule has 2 unspecified atom stereocenters. The predicted octanol–water partition coefficient (Wildman–Crippen LogP) is 5.30. The van der Waals surface area contributed by atoms with Gasteiger partial charge in [0.05, 0.1) is 0 Å². The van der Waals surface area contributed by atoms with Gasteiger partial charge < -0.3 is 4.74 Å². The molecule has 2 rings (SSSR count). The van der Waals surface area contributed by atoms with Crippen LogP contribution in [0.4, 0.5) is 0 Å². The average molecular weight is 260 g/mol. The van der Waals surface area contributed by atoms with Crippen molar-refractivity contribution in [1.29, 1.82) is 0 Å². The van der Waals surface area contributed by atoms with Crippen molar-refractivity contribution in [1.82, 2.24) is 0 Å². The monoisotopic (exact) mass is 260 g/mol. The molecule has 0 bridgehead atoms. The molecule has 0 saturated heterocycles. The smallest absolute Gasteiger partial charge is 0.127 e. The van der Waals surface area contributed by atoms with E-state index in [0.717, 1.165) is 12.2 Å². The third kappa shape index (κ3) is 2.28. The first-order valence-electron chi connectivity index (χ1n) is 7.59. The van der Waals surface area contributed by atoms with E-state index in [1.807, 2.05) is 0 Å². The summed E-state index contributed by atoms with van der Waals surface area (Å²) in [6.45, 7) is 15.8. The van der Waals surface area contributed by atoms with E-state index in [-0.39, 0.29) is 5.60 Å². The van der Waals surface area contributed by atoms with Crippen molar-refractivity contribution in [2.24, 2.45) is 5.92 Å². The van der Waals surface area contributed by atoms with Crippen molar-refractivity contribution in [2.45, 2.75) is 72.8 Å². The van der Waals surface area contributed by atoms with Gasteiger partial charge >= 0.3 is 0 Å². The summed E-state index contributed by atoms with van der Waals surface area (Å²) in [5.74, 6) is 2.36. The van der Waals surface area contributed by atoms with E-state index in [0.29, 0.717) is 11.8 Å². The molecule has 106 valence electrons. The van der Waals surface area contributed by atoms with Gasteiger partial charge in [-0.1, -0.05) is 33.3 Å². The fourth-order valence-electron chi connectivity index (χ4n) is 3.42. The van der Waals surface area contributed by atoms with Crippen LogP contribution in [0.5, 0.6) is 5.75 Å². The molecular weight excluding hydrogens is 232 g/mol. The van der Waals surface area contributed by atoms with Gasteiger partial charge in [0.2, 0.25) is 0 Å². The van der Waals surface area contributed by atoms with Crippen LogP contribution in [-0.4, -0.2) is 5.60 Å². The van der Waals surface area contributed by atoms with E-state index in [1.54, 1.807) is 0 Å². The van der Waals surface area contributed by atoms with Crippen LogP contribution in [0.25, 0.3) is 0 Å². The van der Waals surface area contributed by atoms with Crippen molar-refractivity contribution in [2.75, 3.05) is 0 Å². The third-order valence-electron chi connectivity index (χ3n) is 5.17. The molecular formula is C18H28O. The van der Waals surface area contributed by atoms with E-state index in [1.165, 1.54) is 28.7 Å². The summed E-state index contributed by atoms with van der Waals surface area (Å²) in [6, 6.07) is 2.31. The summed E-state index contributed by atoms with van der Waals surface area (Å²) < 4.78 is 6.47. The van der Waals surface area contributed by atoms with Crippen LogP contribution in [0.3, 0.4) is 0 Å². The minimum absolute atomic E-state index is 0.0406. The van der Waals surface area contributed by atoms with E-state index in [2.05, 4.69) is 54.5 Å². The van der Waals surface area contributed by atoms with Crippen LogP contribution in [0.15, 0.2) is 6.07 Å². The molecule has 1 aliphatic heterocycles. The highest BCUT2D eigenvalue weighted by atomic mass is 16.5. The lowest BCUT2D eigenvalue weighted by Crippen LogP contribution is -2.35. The van der Waals surface area contributed by atoms with Crippen molar-refractivity contribution in [3.63, 3.8) is 0 Å². The topological polar surface area (TPSA) is 9.23 Å². The lowest BCUT2D eigenvalue weighted by atomic mass is 9.79. The summed E-state index contributed by atoms with van der Waals surface area (Å²) in [5, 5.41) is 0. The van der Waals surface area contributed by atoms with Gasteiger partial charge in [0.15, 0.2) is 0 Å². The molecule has 0 spiro atoms. The van der Waals surface area contributed by atoms with Gasteiger partial charge in [-0.15, -0.1) is 0 Å². The van der Waals surface area contributed by atoms with Gasteiger partial charge in [-0.25, -0.2) is 0 Å². The number of ether oxygens (including phenoxy) is 1. The van der Waals surface area contributed by atoms with Crippen LogP contribution >= 0.6 is 0 Å². The third-order valence-corrected chi connectivity index (χ3v) is 5.17. The molecule has 0 N–H and O–H groups in total. The second kappa shape index (κ2) is 4.85. The zero-order chi connectivity index (χ0) is 14.4.